The van der Waals surface area contributed by atoms with Crippen molar-refractivity contribution in [3.63, 3.8) is 0 Å². The van der Waals surface area contributed by atoms with Crippen LogP contribution in [-0.2, 0) is 14.3 Å². The second kappa shape index (κ2) is 6.43. The van der Waals surface area contributed by atoms with Gasteiger partial charge in [-0.15, -0.1) is 0 Å². The molecule has 5 nitrogen and oxygen atoms in total. The van der Waals surface area contributed by atoms with E-state index in [1.165, 1.54) is 0 Å². The van der Waals surface area contributed by atoms with Crippen molar-refractivity contribution in [3.8, 4) is 0 Å². The van der Waals surface area contributed by atoms with Gasteiger partial charge in [-0.1, -0.05) is 18.2 Å². The van der Waals surface area contributed by atoms with Crippen molar-refractivity contribution in [2.75, 3.05) is 18.5 Å². The maximum Gasteiger partial charge on any atom is 0.411 e. The lowest BCUT2D eigenvalue weighted by atomic mass is 10.0. The first kappa shape index (κ1) is 14.4. The number of amides is 1. The number of rotatable bonds is 4. The Bertz CT molecular complexity index is 526. The van der Waals surface area contributed by atoms with Crippen LogP contribution in [0.15, 0.2) is 36.4 Å². The zero-order valence-electron chi connectivity index (χ0n) is 10.7. The third-order valence-corrected chi connectivity index (χ3v) is 3.21. The summed E-state index contributed by atoms with van der Waals surface area (Å²) in [5, 5.41) is 3.17. The van der Waals surface area contributed by atoms with Crippen molar-refractivity contribution < 1.29 is 19.1 Å². The molecule has 0 radical (unpaired) electrons. The Hall–Kier alpha value is -2.01. The average Bonchev–Trinajstić information content (AvgIpc) is 2.73. The molecule has 20 heavy (non-hydrogen) atoms. The molecule has 0 unspecified atom stereocenters. The largest absolute Gasteiger partial charge is 0.462 e. The minimum atomic E-state index is -0.553. The molecular formula is C14H14ClNO4. The highest BCUT2D eigenvalue weighted by Gasteiger charge is 2.28. The Balaban J connectivity index is 1.71. The number of hydrogen-bond donors (Lipinski definition) is 1. The summed E-state index contributed by atoms with van der Waals surface area (Å²) in [6.45, 7) is 4.15. The van der Waals surface area contributed by atoms with Crippen LogP contribution in [0.3, 0.4) is 0 Å². The van der Waals surface area contributed by atoms with Gasteiger partial charge in [0, 0.05) is 22.2 Å². The Morgan fingerprint density at radius 2 is 2.15 bits per heavy atom. The quantitative estimate of drug-likeness (QED) is 0.685. The summed E-state index contributed by atoms with van der Waals surface area (Å²) in [4.78, 5) is 22.6. The topological polar surface area (TPSA) is 64.6 Å². The first-order chi connectivity index (χ1) is 9.56. The molecule has 0 bridgehead atoms. The summed E-state index contributed by atoms with van der Waals surface area (Å²) in [5.74, 6) is -0.452. The number of anilines is 1. The number of nitrogens with one attached hydrogen (secondary N) is 1. The van der Waals surface area contributed by atoms with Crippen LogP contribution in [0.2, 0.25) is 5.02 Å². The molecule has 1 fully saturated rings. The van der Waals surface area contributed by atoms with Crippen molar-refractivity contribution in [2.45, 2.75) is 6.42 Å². The lowest BCUT2D eigenvalue weighted by Crippen LogP contribution is -2.16. The zero-order valence-corrected chi connectivity index (χ0v) is 11.5. The smallest absolute Gasteiger partial charge is 0.411 e. The third-order valence-electron chi connectivity index (χ3n) is 2.96. The first-order valence-electron chi connectivity index (χ1n) is 6.11. The number of benzene rings is 1. The van der Waals surface area contributed by atoms with Gasteiger partial charge in [-0.3, -0.25) is 5.32 Å². The minimum Gasteiger partial charge on any atom is -0.462 e. The van der Waals surface area contributed by atoms with E-state index in [1.54, 1.807) is 24.3 Å². The molecule has 106 valence electrons. The van der Waals surface area contributed by atoms with E-state index in [0.29, 0.717) is 29.3 Å². The Labute approximate surface area is 121 Å². The fourth-order valence-electron chi connectivity index (χ4n) is 1.77. The maximum absolute atomic E-state index is 11.5. The van der Waals surface area contributed by atoms with Gasteiger partial charge in [-0.25, -0.2) is 9.59 Å². The van der Waals surface area contributed by atoms with E-state index in [0.717, 1.165) is 0 Å². The molecule has 1 saturated heterocycles. The fraction of sp³-hybridized carbons (Fsp3) is 0.286. The van der Waals surface area contributed by atoms with E-state index < -0.39 is 6.09 Å². The van der Waals surface area contributed by atoms with Gasteiger partial charge in [-0.2, -0.15) is 0 Å². The van der Waals surface area contributed by atoms with Crippen molar-refractivity contribution >= 4 is 29.4 Å². The highest BCUT2D eigenvalue weighted by molar-refractivity contribution is 6.30. The zero-order chi connectivity index (χ0) is 14.5. The molecule has 1 aromatic rings. The summed E-state index contributed by atoms with van der Waals surface area (Å²) >= 11 is 5.74. The van der Waals surface area contributed by atoms with E-state index in [9.17, 15) is 9.59 Å². The highest BCUT2D eigenvalue weighted by atomic mass is 35.5. The van der Waals surface area contributed by atoms with Gasteiger partial charge in [0.15, 0.2) is 0 Å². The molecule has 0 aromatic heterocycles. The van der Waals surface area contributed by atoms with E-state index in [4.69, 9.17) is 21.1 Å². The monoisotopic (exact) mass is 295 g/mol. The van der Waals surface area contributed by atoms with Crippen molar-refractivity contribution in [1.82, 2.24) is 0 Å². The number of halogens is 1. The van der Waals surface area contributed by atoms with E-state index in [1.807, 2.05) is 0 Å². The molecule has 1 atom stereocenters. The van der Waals surface area contributed by atoms with Crippen molar-refractivity contribution in [1.29, 1.82) is 0 Å². The third kappa shape index (κ3) is 3.74. The number of carbonyl (C=O) groups excluding carboxylic acids is 2. The van der Waals surface area contributed by atoms with E-state index in [2.05, 4.69) is 11.9 Å². The normalized spacial score (nSPS) is 17.8. The summed E-state index contributed by atoms with van der Waals surface area (Å²) in [6.07, 6.45) is -0.0401. The molecular weight excluding hydrogens is 282 g/mol. The lowest BCUT2D eigenvalue weighted by Gasteiger charge is -2.09. The van der Waals surface area contributed by atoms with Gasteiger partial charge in [-0.05, 0) is 30.7 Å². The Morgan fingerprint density at radius 3 is 2.75 bits per heavy atom. The van der Waals surface area contributed by atoms with Gasteiger partial charge in [0.05, 0.1) is 13.2 Å². The van der Waals surface area contributed by atoms with Crippen molar-refractivity contribution in [3.05, 3.63) is 41.4 Å². The molecule has 0 spiro atoms. The van der Waals surface area contributed by atoms with Crippen LogP contribution in [-0.4, -0.2) is 25.3 Å². The van der Waals surface area contributed by atoms with Gasteiger partial charge in [0.2, 0.25) is 0 Å². The molecule has 2 rings (SSSR count). The molecule has 6 heteroatoms. The molecule has 1 N–H and O–H groups in total. The van der Waals surface area contributed by atoms with Crippen LogP contribution in [0, 0.1) is 5.92 Å². The van der Waals surface area contributed by atoms with Gasteiger partial charge < -0.3 is 9.47 Å². The predicted molar refractivity (Wildman–Crippen MR) is 74.6 cm³/mol. The van der Waals surface area contributed by atoms with Gasteiger partial charge in [0.1, 0.15) is 0 Å². The molecule has 1 aliphatic rings. The van der Waals surface area contributed by atoms with E-state index in [-0.39, 0.29) is 18.5 Å². The molecule has 0 aliphatic carbocycles. The second-order valence-corrected chi connectivity index (χ2v) is 4.81. The van der Waals surface area contributed by atoms with Crippen molar-refractivity contribution in [2.24, 2.45) is 5.92 Å². The molecule has 1 aliphatic heterocycles. The second-order valence-electron chi connectivity index (χ2n) is 4.38. The first-order valence-corrected chi connectivity index (χ1v) is 6.49. The van der Waals surface area contributed by atoms with Crippen LogP contribution in [0.4, 0.5) is 10.5 Å². The fourth-order valence-corrected chi connectivity index (χ4v) is 1.90. The van der Waals surface area contributed by atoms with Crippen LogP contribution in [0.25, 0.3) is 0 Å². The maximum atomic E-state index is 11.5. The molecule has 1 amide bonds. The van der Waals surface area contributed by atoms with Crippen LogP contribution in [0.1, 0.15) is 6.42 Å². The van der Waals surface area contributed by atoms with E-state index >= 15 is 0 Å². The molecule has 0 saturated carbocycles. The summed E-state index contributed by atoms with van der Waals surface area (Å²) < 4.78 is 9.87. The lowest BCUT2D eigenvalue weighted by molar-refractivity contribution is -0.135. The van der Waals surface area contributed by atoms with Gasteiger partial charge >= 0.3 is 12.1 Å². The molecule has 1 aromatic carbocycles. The average molecular weight is 296 g/mol. The Morgan fingerprint density at radius 1 is 1.45 bits per heavy atom. The highest BCUT2D eigenvalue weighted by Crippen LogP contribution is 2.22. The number of carbonyl (C=O) groups is 2. The number of ether oxygens (including phenoxy) is 2. The van der Waals surface area contributed by atoms with Gasteiger partial charge in [0.25, 0.3) is 0 Å². The van der Waals surface area contributed by atoms with Crippen LogP contribution in [0.5, 0.6) is 0 Å². The number of cyclic esters (lactones) is 1. The standard InChI is InChI=1S/C14H14ClNO4/c1-9-10(8-20-13(9)17)6-7-19-14(18)16-12-4-2-11(15)3-5-12/h2-5,10H,1,6-8H2,(H,16,18)/t10-/m0/s1. The molecule has 1 heterocycles. The van der Waals surface area contributed by atoms with Crippen LogP contribution >= 0.6 is 11.6 Å². The predicted octanol–water partition coefficient (Wildman–Crippen LogP) is 3.01. The minimum absolute atomic E-state index is 0.0779. The number of esters is 1. The SMILES string of the molecule is C=C1C(=O)OC[C@@H]1CCOC(=O)Nc1ccc(Cl)cc1. The Kier molecular flexibility index (Phi) is 4.63. The van der Waals surface area contributed by atoms with Crippen LogP contribution < -0.4 is 5.32 Å². The number of hydrogen-bond acceptors (Lipinski definition) is 4. The summed E-state index contributed by atoms with van der Waals surface area (Å²) in [6, 6.07) is 6.69. The summed E-state index contributed by atoms with van der Waals surface area (Å²) in [5.41, 5.74) is 1.04. The summed E-state index contributed by atoms with van der Waals surface area (Å²) in [7, 11) is 0.